The van der Waals surface area contributed by atoms with Gasteiger partial charge in [0.2, 0.25) is 0 Å². The summed E-state index contributed by atoms with van der Waals surface area (Å²) in [7, 11) is 0. The van der Waals surface area contributed by atoms with E-state index in [4.69, 9.17) is 0 Å². The Morgan fingerprint density at radius 1 is 1.39 bits per heavy atom. The van der Waals surface area contributed by atoms with Gasteiger partial charge in [0, 0.05) is 30.5 Å². The molecular formula is C15H29NO2. The number of aliphatic hydroxyl groups is 1. The maximum Gasteiger partial charge on any atom is 0.142 e. The Labute approximate surface area is 112 Å². The highest BCUT2D eigenvalue weighted by atomic mass is 16.3. The molecule has 0 aromatic carbocycles. The summed E-state index contributed by atoms with van der Waals surface area (Å²) in [6, 6.07) is 0.494. The van der Waals surface area contributed by atoms with Crippen LogP contribution in [-0.2, 0) is 4.79 Å². The van der Waals surface area contributed by atoms with Crippen LogP contribution < -0.4 is 0 Å². The van der Waals surface area contributed by atoms with Gasteiger partial charge in [0.15, 0.2) is 0 Å². The van der Waals surface area contributed by atoms with Crippen LogP contribution in [0.1, 0.15) is 53.4 Å². The molecule has 0 aromatic heterocycles. The normalized spacial score (nSPS) is 23.3. The van der Waals surface area contributed by atoms with Crippen molar-refractivity contribution in [1.82, 2.24) is 4.90 Å². The van der Waals surface area contributed by atoms with E-state index in [1.807, 2.05) is 0 Å². The van der Waals surface area contributed by atoms with Gasteiger partial charge in [0.1, 0.15) is 5.78 Å². The summed E-state index contributed by atoms with van der Waals surface area (Å²) in [6.45, 7) is 10.2. The third kappa shape index (κ3) is 3.55. The van der Waals surface area contributed by atoms with E-state index in [0.717, 1.165) is 32.2 Å². The first kappa shape index (κ1) is 15.6. The van der Waals surface area contributed by atoms with Gasteiger partial charge in [0.05, 0.1) is 6.61 Å². The molecule has 0 spiro atoms. The van der Waals surface area contributed by atoms with Crippen molar-refractivity contribution in [1.29, 1.82) is 0 Å². The molecule has 1 rings (SSSR count). The molecule has 1 saturated carbocycles. The highest BCUT2D eigenvalue weighted by Gasteiger charge is 2.41. The van der Waals surface area contributed by atoms with Crippen molar-refractivity contribution in [2.45, 2.75) is 59.4 Å². The minimum atomic E-state index is -0.135. The van der Waals surface area contributed by atoms with Crippen LogP contribution in [0.5, 0.6) is 0 Å². The Morgan fingerprint density at radius 2 is 2.00 bits per heavy atom. The van der Waals surface area contributed by atoms with E-state index >= 15 is 0 Å². The summed E-state index contributed by atoms with van der Waals surface area (Å²) in [5.74, 6) is 0.587. The molecule has 0 aliphatic heterocycles. The van der Waals surface area contributed by atoms with Gasteiger partial charge in [-0.15, -0.1) is 0 Å². The number of Topliss-reactive ketones (excluding diaryl/α,β-unsaturated/α-hetero) is 1. The van der Waals surface area contributed by atoms with Crippen LogP contribution in [0.2, 0.25) is 0 Å². The van der Waals surface area contributed by atoms with Crippen molar-refractivity contribution in [2.75, 3.05) is 19.7 Å². The second kappa shape index (κ2) is 6.67. The highest BCUT2D eigenvalue weighted by molar-refractivity contribution is 5.88. The fourth-order valence-electron chi connectivity index (χ4n) is 3.16. The Balaban J connectivity index is 2.64. The van der Waals surface area contributed by atoms with Crippen molar-refractivity contribution in [3.63, 3.8) is 0 Å². The molecule has 0 bridgehead atoms. The molecule has 1 unspecified atom stereocenters. The average Bonchev–Trinajstić information content (AvgIpc) is 2.58. The number of hydrogen-bond acceptors (Lipinski definition) is 3. The quantitative estimate of drug-likeness (QED) is 0.760. The SMILES string of the molecule is CCC(CC)N(CCO)CC1CCC(C)(C)C1=O. The van der Waals surface area contributed by atoms with E-state index in [1.165, 1.54) is 0 Å². The summed E-state index contributed by atoms with van der Waals surface area (Å²) in [5, 5.41) is 9.19. The van der Waals surface area contributed by atoms with E-state index in [1.54, 1.807) is 0 Å². The minimum absolute atomic E-state index is 0.135. The predicted octanol–water partition coefficient (Wildman–Crippen LogP) is 2.47. The van der Waals surface area contributed by atoms with Crippen molar-refractivity contribution in [3.05, 3.63) is 0 Å². The Hall–Kier alpha value is -0.410. The van der Waals surface area contributed by atoms with E-state index in [0.29, 0.717) is 18.4 Å². The molecule has 1 aliphatic carbocycles. The largest absolute Gasteiger partial charge is 0.395 e. The van der Waals surface area contributed by atoms with Crippen LogP contribution >= 0.6 is 0 Å². The lowest BCUT2D eigenvalue weighted by molar-refractivity contribution is -0.128. The first-order chi connectivity index (χ1) is 8.46. The summed E-state index contributed by atoms with van der Waals surface area (Å²) in [4.78, 5) is 14.6. The van der Waals surface area contributed by atoms with E-state index in [9.17, 15) is 9.90 Å². The zero-order valence-electron chi connectivity index (χ0n) is 12.4. The zero-order valence-corrected chi connectivity index (χ0v) is 12.4. The molecule has 18 heavy (non-hydrogen) atoms. The topological polar surface area (TPSA) is 40.5 Å². The van der Waals surface area contributed by atoms with Crippen molar-refractivity contribution in [3.8, 4) is 0 Å². The van der Waals surface area contributed by atoms with Crippen molar-refractivity contribution >= 4 is 5.78 Å². The molecule has 1 fully saturated rings. The Bertz CT molecular complexity index is 272. The van der Waals surface area contributed by atoms with Gasteiger partial charge in [-0.2, -0.15) is 0 Å². The summed E-state index contributed by atoms with van der Waals surface area (Å²) in [6.07, 6.45) is 4.18. The van der Waals surface area contributed by atoms with E-state index < -0.39 is 0 Å². The number of carbonyl (C=O) groups is 1. The average molecular weight is 255 g/mol. The molecule has 0 saturated heterocycles. The number of carbonyl (C=O) groups excluding carboxylic acids is 1. The zero-order chi connectivity index (χ0) is 13.8. The smallest absolute Gasteiger partial charge is 0.142 e. The molecule has 106 valence electrons. The van der Waals surface area contributed by atoms with Gasteiger partial charge in [-0.25, -0.2) is 0 Å². The molecule has 0 amide bonds. The van der Waals surface area contributed by atoms with Crippen molar-refractivity contribution < 1.29 is 9.90 Å². The van der Waals surface area contributed by atoms with Crippen LogP contribution in [0.3, 0.4) is 0 Å². The maximum atomic E-state index is 12.3. The van der Waals surface area contributed by atoms with Gasteiger partial charge in [0.25, 0.3) is 0 Å². The Kier molecular flexibility index (Phi) is 5.80. The molecule has 1 N–H and O–H groups in total. The molecular weight excluding hydrogens is 226 g/mol. The Morgan fingerprint density at radius 3 is 2.39 bits per heavy atom. The van der Waals surface area contributed by atoms with Gasteiger partial charge >= 0.3 is 0 Å². The maximum absolute atomic E-state index is 12.3. The molecule has 1 atom stereocenters. The molecule has 3 nitrogen and oxygen atoms in total. The van der Waals surface area contributed by atoms with Gasteiger partial charge < -0.3 is 5.11 Å². The number of rotatable bonds is 7. The number of nitrogens with zero attached hydrogens (tertiary/aromatic N) is 1. The monoisotopic (exact) mass is 255 g/mol. The van der Waals surface area contributed by atoms with E-state index in [-0.39, 0.29) is 17.9 Å². The lowest BCUT2D eigenvalue weighted by atomic mass is 9.89. The fourth-order valence-corrected chi connectivity index (χ4v) is 3.16. The van der Waals surface area contributed by atoms with Crippen LogP contribution in [0.4, 0.5) is 0 Å². The first-order valence-electron chi connectivity index (χ1n) is 7.35. The second-order valence-electron chi connectivity index (χ2n) is 6.17. The van der Waals surface area contributed by atoms with Crippen LogP contribution in [0, 0.1) is 11.3 Å². The summed E-state index contributed by atoms with van der Waals surface area (Å²) < 4.78 is 0. The number of hydrogen-bond donors (Lipinski definition) is 1. The molecule has 1 aliphatic rings. The summed E-state index contributed by atoms with van der Waals surface area (Å²) in [5.41, 5.74) is -0.135. The number of ketones is 1. The molecule has 0 radical (unpaired) electrons. The second-order valence-corrected chi connectivity index (χ2v) is 6.17. The molecule has 0 aromatic rings. The lowest BCUT2D eigenvalue weighted by Crippen LogP contribution is -2.41. The third-order valence-electron chi connectivity index (χ3n) is 4.46. The van der Waals surface area contributed by atoms with Gasteiger partial charge in [-0.1, -0.05) is 27.7 Å². The van der Waals surface area contributed by atoms with Crippen LogP contribution in [-0.4, -0.2) is 41.5 Å². The predicted molar refractivity (Wildman–Crippen MR) is 74.5 cm³/mol. The lowest BCUT2D eigenvalue weighted by Gasteiger charge is -2.32. The van der Waals surface area contributed by atoms with Gasteiger partial charge in [-0.3, -0.25) is 9.69 Å². The van der Waals surface area contributed by atoms with Crippen molar-refractivity contribution in [2.24, 2.45) is 11.3 Å². The molecule has 3 heteroatoms. The van der Waals surface area contributed by atoms with Gasteiger partial charge in [-0.05, 0) is 25.7 Å². The molecule has 0 heterocycles. The van der Waals surface area contributed by atoms with E-state index in [2.05, 4.69) is 32.6 Å². The fraction of sp³-hybridized carbons (Fsp3) is 0.933. The van der Waals surface area contributed by atoms with Crippen LogP contribution in [0.15, 0.2) is 0 Å². The number of aliphatic hydroxyl groups excluding tert-OH is 1. The third-order valence-corrected chi connectivity index (χ3v) is 4.46. The first-order valence-corrected chi connectivity index (χ1v) is 7.35. The highest BCUT2D eigenvalue weighted by Crippen LogP contribution is 2.38. The summed E-state index contributed by atoms with van der Waals surface area (Å²) >= 11 is 0. The standard InChI is InChI=1S/C15H29NO2/c1-5-13(6-2)16(9-10-17)11-12-7-8-15(3,4)14(12)18/h12-13,17H,5-11H2,1-4H3. The minimum Gasteiger partial charge on any atom is -0.395 e. The van der Waals surface area contributed by atoms with Crippen LogP contribution in [0.25, 0.3) is 0 Å².